The second-order valence-electron chi connectivity index (χ2n) is 4.76. The normalized spacial score (nSPS) is 11.2. The molecule has 0 aliphatic heterocycles. The third-order valence-corrected chi connectivity index (χ3v) is 3.86. The Morgan fingerprint density at radius 1 is 1.10 bits per heavy atom. The molecule has 102 valence electrons. The van der Waals surface area contributed by atoms with E-state index in [1.165, 1.54) is 0 Å². The molecular formula is C17H16ClNO. The number of hydrogen-bond donors (Lipinski definition) is 1. The molecule has 2 N–H and O–H groups in total. The highest BCUT2D eigenvalue weighted by Gasteiger charge is 2.15. The molecule has 0 saturated carbocycles. The van der Waals surface area contributed by atoms with Gasteiger partial charge in [-0.05, 0) is 29.7 Å². The number of rotatable bonds is 3. The first-order valence-electron chi connectivity index (χ1n) is 6.74. The zero-order valence-corrected chi connectivity index (χ0v) is 12.1. The Bertz CT molecular complexity index is 747. The molecule has 0 spiro atoms. The lowest BCUT2D eigenvalue weighted by molar-refractivity contribution is 0.546. The molecule has 3 heteroatoms. The lowest BCUT2D eigenvalue weighted by atomic mass is 10.0. The maximum atomic E-state index is 6.38. The quantitative estimate of drug-likeness (QED) is 0.752. The van der Waals surface area contributed by atoms with Crippen LogP contribution in [0.2, 0.25) is 5.02 Å². The summed E-state index contributed by atoms with van der Waals surface area (Å²) in [6.45, 7) is 2.50. The molecule has 0 atom stereocenters. The molecule has 0 bridgehead atoms. The molecule has 3 aromatic rings. The van der Waals surface area contributed by atoms with Crippen molar-refractivity contribution in [3.05, 3.63) is 58.8 Å². The van der Waals surface area contributed by atoms with Crippen molar-refractivity contribution in [2.45, 2.75) is 19.9 Å². The maximum absolute atomic E-state index is 6.38. The van der Waals surface area contributed by atoms with Crippen molar-refractivity contribution in [1.29, 1.82) is 0 Å². The van der Waals surface area contributed by atoms with Gasteiger partial charge in [0.2, 0.25) is 0 Å². The number of furan rings is 1. The van der Waals surface area contributed by atoms with E-state index in [4.69, 9.17) is 21.8 Å². The number of hydrogen-bond acceptors (Lipinski definition) is 2. The standard InChI is InChI=1S/C17H16ClNO/c1-2-13-14-8-12(11-6-4-3-5-7-11)9-15(18)17(14)20-16(13)10-19/h3-9H,2,10,19H2,1H3. The van der Waals surface area contributed by atoms with Gasteiger partial charge in [-0.2, -0.15) is 0 Å². The van der Waals surface area contributed by atoms with Crippen LogP contribution in [0.4, 0.5) is 0 Å². The van der Waals surface area contributed by atoms with Crippen LogP contribution in [0.5, 0.6) is 0 Å². The summed E-state index contributed by atoms with van der Waals surface area (Å²) in [4.78, 5) is 0. The Hall–Kier alpha value is -1.77. The van der Waals surface area contributed by atoms with Gasteiger partial charge >= 0.3 is 0 Å². The topological polar surface area (TPSA) is 39.2 Å². The van der Waals surface area contributed by atoms with Crippen molar-refractivity contribution in [1.82, 2.24) is 0 Å². The van der Waals surface area contributed by atoms with E-state index in [1.54, 1.807) is 0 Å². The van der Waals surface area contributed by atoms with Crippen molar-refractivity contribution in [3.63, 3.8) is 0 Å². The average molecular weight is 286 g/mol. The molecule has 0 saturated heterocycles. The summed E-state index contributed by atoms with van der Waals surface area (Å²) in [6, 6.07) is 14.3. The van der Waals surface area contributed by atoms with Crippen molar-refractivity contribution in [2.24, 2.45) is 5.73 Å². The van der Waals surface area contributed by atoms with Crippen LogP contribution in [0.3, 0.4) is 0 Å². The number of fused-ring (bicyclic) bond motifs is 1. The monoisotopic (exact) mass is 285 g/mol. The lowest BCUT2D eigenvalue weighted by Crippen LogP contribution is -1.97. The molecule has 2 nitrogen and oxygen atoms in total. The Balaban J connectivity index is 2.28. The summed E-state index contributed by atoms with van der Waals surface area (Å²) < 4.78 is 5.80. The van der Waals surface area contributed by atoms with Crippen LogP contribution in [0.1, 0.15) is 18.2 Å². The minimum Gasteiger partial charge on any atom is -0.458 e. The van der Waals surface area contributed by atoms with Crippen molar-refractivity contribution in [3.8, 4) is 11.1 Å². The first-order valence-corrected chi connectivity index (χ1v) is 7.11. The van der Waals surface area contributed by atoms with E-state index in [-0.39, 0.29) is 0 Å². The lowest BCUT2D eigenvalue weighted by Gasteiger charge is -2.03. The SMILES string of the molecule is CCc1c(CN)oc2c(Cl)cc(-c3ccccc3)cc12. The third kappa shape index (κ3) is 2.11. The van der Waals surface area contributed by atoms with Gasteiger partial charge in [0.15, 0.2) is 5.58 Å². The number of halogens is 1. The van der Waals surface area contributed by atoms with Crippen LogP contribution in [0, 0.1) is 0 Å². The molecule has 0 fully saturated rings. The summed E-state index contributed by atoms with van der Waals surface area (Å²) in [7, 11) is 0. The van der Waals surface area contributed by atoms with Gasteiger partial charge in [-0.25, -0.2) is 0 Å². The van der Waals surface area contributed by atoms with Gasteiger partial charge in [0.25, 0.3) is 0 Å². The fourth-order valence-corrected chi connectivity index (χ4v) is 2.86. The predicted molar refractivity (Wildman–Crippen MR) is 83.9 cm³/mol. The Kier molecular flexibility index (Phi) is 3.51. The van der Waals surface area contributed by atoms with Crippen molar-refractivity contribution >= 4 is 22.6 Å². The largest absolute Gasteiger partial charge is 0.458 e. The van der Waals surface area contributed by atoms with E-state index >= 15 is 0 Å². The molecule has 1 aromatic heterocycles. The number of benzene rings is 2. The summed E-state index contributed by atoms with van der Waals surface area (Å²) in [6.07, 6.45) is 0.883. The van der Waals surface area contributed by atoms with E-state index in [0.717, 1.165) is 39.8 Å². The summed E-state index contributed by atoms with van der Waals surface area (Å²) >= 11 is 6.38. The molecule has 2 aromatic carbocycles. The smallest absolute Gasteiger partial charge is 0.153 e. The van der Waals surface area contributed by atoms with E-state index in [2.05, 4.69) is 25.1 Å². The van der Waals surface area contributed by atoms with Gasteiger partial charge in [0.1, 0.15) is 5.76 Å². The van der Waals surface area contributed by atoms with E-state index in [1.807, 2.05) is 24.3 Å². The number of aryl methyl sites for hydroxylation is 1. The molecule has 1 heterocycles. The van der Waals surface area contributed by atoms with Crippen LogP contribution in [0.15, 0.2) is 46.9 Å². The minimum absolute atomic E-state index is 0.398. The Morgan fingerprint density at radius 2 is 1.85 bits per heavy atom. The predicted octanol–water partition coefficient (Wildman–Crippen LogP) is 4.77. The van der Waals surface area contributed by atoms with E-state index in [9.17, 15) is 0 Å². The molecular weight excluding hydrogens is 270 g/mol. The fourth-order valence-electron chi connectivity index (χ4n) is 2.61. The zero-order valence-electron chi connectivity index (χ0n) is 11.3. The van der Waals surface area contributed by atoms with E-state index in [0.29, 0.717) is 11.6 Å². The van der Waals surface area contributed by atoms with Gasteiger partial charge in [-0.1, -0.05) is 48.9 Å². The highest BCUT2D eigenvalue weighted by molar-refractivity contribution is 6.35. The molecule has 0 amide bonds. The first kappa shape index (κ1) is 13.2. The third-order valence-electron chi connectivity index (χ3n) is 3.58. The maximum Gasteiger partial charge on any atom is 0.153 e. The highest BCUT2D eigenvalue weighted by atomic mass is 35.5. The molecule has 0 unspecified atom stereocenters. The first-order chi connectivity index (χ1) is 9.74. The summed E-state index contributed by atoms with van der Waals surface area (Å²) in [5, 5.41) is 1.70. The molecule has 0 aliphatic rings. The van der Waals surface area contributed by atoms with Gasteiger partial charge < -0.3 is 10.2 Å². The van der Waals surface area contributed by atoms with Crippen LogP contribution in [-0.2, 0) is 13.0 Å². The second-order valence-corrected chi connectivity index (χ2v) is 5.17. The van der Waals surface area contributed by atoms with Gasteiger partial charge in [-0.3, -0.25) is 0 Å². The van der Waals surface area contributed by atoms with Crippen molar-refractivity contribution < 1.29 is 4.42 Å². The summed E-state index contributed by atoms with van der Waals surface area (Å²) in [5.41, 5.74) is 9.89. The second kappa shape index (κ2) is 5.31. The summed E-state index contributed by atoms with van der Waals surface area (Å²) in [5.74, 6) is 0.828. The van der Waals surface area contributed by atoms with E-state index < -0.39 is 0 Å². The molecule has 20 heavy (non-hydrogen) atoms. The molecule has 0 radical (unpaired) electrons. The number of nitrogens with two attached hydrogens (primary N) is 1. The van der Waals surface area contributed by atoms with Crippen LogP contribution in [0.25, 0.3) is 22.1 Å². The fraction of sp³-hybridized carbons (Fsp3) is 0.176. The highest BCUT2D eigenvalue weighted by Crippen LogP contribution is 2.36. The molecule has 3 rings (SSSR count). The van der Waals surface area contributed by atoms with Gasteiger partial charge in [0, 0.05) is 10.9 Å². The van der Waals surface area contributed by atoms with Crippen LogP contribution < -0.4 is 5.73 Å². The van der Waals surface area contributed by atoms with Gasteiger partial charge in [-0.15, -0.1) is 0 Å². The molecule has 0 aliphatic carbocycles. The minimum atomic E-state index is 0.398. The Labute approximate surface area is 123 Å². The van der Waals surface area contributed by atoms with Crippen LogP contribution in [-0.4, -0.2) is 0 Å². The zero-order chi connectivity index (χ0) is 14.1. The van der Waals surface area contributed by atoms with Crippen molar-refractivity contribution in [2.75, 3.05) is 0 Å². The van der Waals surface area contributed by atoms with Crippen LogP contribution >= 0.6 is 11.6 Å². The average Bonchev–Trinajstić information content (AvgIpc) is 2.86. The van der Waals surface area contributed by atoms with Gasteiger partial charge in [0.05, 0.1) is 11.6 Å². The Morgan fingerprint density at radius 3 is 2.50 bits per heavy atom.